The number of hydrogen-bond acceptors (Lipinski definition) is 5. The van der Waals surface area contributed by atoms with Gasteiger partial charge in [0, 0.05) is 24.2 Å². The highest BCUT2D eigenvalue weighted by Crippen LogP contribution is 2.35. The summed E-state index contributed by atoms with van der Waals surface area (Å²) in [6.45, 7) is 2.36. The maximum absolute atomic E-state index is 12.5. The molecule has 26 heavy (non-hydrogen) atoms. The Morgan fingerprint density at radius 3 is 2.69 bits per heavy atom. The molecule has 7 heteroatoms. The van der Waals surface area contributed by atoms with Crippen LogP contribution >= 0.6 is 11.3 Å². The number of hydrogen-bond donors (Lipinski definition) is 1. The molecule has 1 N–H and O–H groups in total. The summed E-state index contributed by atoms with van der Waals surface area (Å²) >= 11 is 1.31. The molecule has 0 unspecified atom stereocenters. The Kier molecular flexibility index (Phi) is 4.38. The lowest BCUT2D eigenvalue weighted by atomic mass is 10.1. The molecule has 1 aromatic carbocycles. The van der Waals surface area contributed by atoms with Crippen molar-refractivity contribution in [1.29, 1.82) is 0 Å². The second-order valence-corrected chi connectivity index (χ2v) is 7.18. The standard InChI is InChI=1S/C19H18N4O2S/c1-2-23-15(24)11-10-14(22-23)17-16(12-6-4-3-5-7-12)21-19(26-17)18(25)20-13-8-9-13/h3-7,10-11,13H,2,8-9H2,1H3,(H,20,25). The second kappa shape index (κ2) is 6.84. The first-order valence-electron chi connectivity index (χ1n) is 8.61. The first-order valence-corrected chi connectivity index (χ1v) is 9.43. The fourth-order valence-corrected chi connectivity index (χ4v) is 3.61. The van der Waals surface area contributed by atoms with E-state index in [1.165, 1.54) is 22.1 Å². The summed E-state index contributed by atoms with van der Waals surface area (Å²) in [5, 5.41) is 7.83. The van der Waals surface area contributed by atoms with E-state index >= 15 is 0 Å². The lowest BCUT2D eigenvalue weighted by Gasteiger charge is -2.05. The van der Waals surface area contributed by atoms with Crippen molar-refractivity contribution >= 4 is 17.2 Å². The highest BCUT2D eigenvalue weighted by molar-refractivity contribution is 7.17. The van der Waals surface area contributed by atoms with Crippen molar-refractivity contribution in [1.82, 2.24) is 20.1 Å². The molecule has 1 aliphatic carbocycles. The molecule has 6 nitrogen and oxygen atoms in total. The fraction of sp³-hybridized carbons (Fsp3) is 0.263. The number of thiazole rings is 1. The number of carbonyl (C=O) groups is 1. The zero-order valence-corrected chi connectivity index (χ0v) is 15.1. The van der Waals surface area contributed by atoms with E-state index in [2.05, 4.69) is 15.4 Å². The minimum atomic E-state index is -0.148. The van der Waals surface area contributed by atoms with Crippen LogP contribution in [0.1, 0.15) is 29.6 Å². The van der Waals surface area contributed by atoms with Crippen molar-refractivity contribution in [2.24, 2.45) is 0 Å². The third-order valence-electron chi connectivity index (χ3n) is 4.18. The average molecular weight is 366 g/mol. The summed E-state index contributed by atoms with van der Waals surface area (Å²) in [7, 11) is 0. The molecular formula is C19H18N4O2S. The zero-order valence-electron chi connectivity index (χ0n) is 14.3. The smallest absolute Gasteiger partial charge is 0.280 e. The number of aromatic nitrogens is 3. The molecule has 0 radical (unpaired) electrons. The van der Waals surface area contributed by atoms with E-state index in [0.29, 0.717) is 22.9 Å². The first kappa shape index (κ1) is 16.7. The largest absolute Gasteiger partial charge is 0.347 e. The van der Waals surface area contributed by atoms with Gasteiger partial charge in [-0.1, -0.05) is 30.3 Å². The average Bonchev–Trinajstić information content (AvgIpc) is 3.37. The third-order valence-corrected chi connectivity index (χ3v) is 5.26. The van der Waals surface area contributed by atoms with E-state index < -0.39 is 0 Å². The number of amides is 1. The van der Waals surface area contributed by atoms with Crippen LogP contribution in [-0.2, 0) is 6.54 Å². The lowest BCUT2D eigenvalue weighted by Crippen LogP contribution is -2.25. The minimum Gasteiger partial charge on any atom is -0.347 e. The molecule has 3 aromatic rings. The second-order valence-electron chi connectivity index (χ2n) is 6.18. The van der Waals surface area contributed by atoms with Crippen molar-refractivity contribution in [3.8, 4) is 21.8 Å². The lowest BCUT2D eigenvalue weighted by molar-refractivity contribution is 0.0951. The molecule has 0 saturated heterocycles. The highest BCUT2D eigenvalue weighted by Gasteiger charge is 2.27. The van der Waals surface area contributed by atoms with Crippen LogP contribution in [-0.4, -0.2) is 26.7 Å². The summed E-state index contributed by atoms with van der Waals surface area (Å²) in [5.41, 5.74) is 2.13. The Morgan fingerprint density at radius 1 is 1.23 bits per heavy atom. The maximum atomic E-state index is 12.5. The van der Waals surface area contributed by atoms with E-state index in [1.54, 1.807) is 6.07 Å². The third kappa shape index (κ3) is 3.30. The number of carbonyl (C=O) groups excluding carboxylic acids is 1. The molecule has 132 valence electrons. The molecule has 2 aromatic heterocycles. The summed E-state index contributed by atoms with van der Waals surface area (Å²) < 4.78 is 1.41. The van der Waals surface area contributed by atoms with Crippen LogP contribution in [0.5, 0.6) is 0 Å². The molecule has 0 atom stereocenters. The summed E-state index contributed by atoms with van der Waals surface area (Å²) in [4.78, 5) is 29.7. The Morgan fingerprint density at radius 2 is 2.00 bits per heavy atom. The van der Waals surface area contributed by atoms with Gasteiger partial charge < -0.3 is 5.32 Å². The van der Waals surface area contributed by atoms with E-state index in [4.69, 9.17) is 0 Å². The number of nitrogens with zero attached hydrogens (tertiary/aromatic N) is 3. The molecule has 0 spiro atoms. The van der Waals surface area contributed by atoms with Gasteiger partial charge in [-0.05, 0) is 25.8 Å². The van der Waals surface area contributed by atoms with Gasteiger partial charge in [0.05, 0.1) is 10.6 Å². The Balaban J connectivity index is 1.82. The molecule has 1 saturated carbocycles. The molecule has 1 amide bonds. The van der Waals surface area contributed by atoms with E-state index in [9.17, 15) is 9.59 Å². The normalized spacial score (nSPS) is 13.6. The van der Waals surface area contributed by atoms with Crippen molar-refractivity contribution < 1.29 is 4.79 Å². The number of nitrogens with one attached hydrogen (secondary N) is 1. The van der Waals surface area contributed by atoms with Crippen molar-refractivity contribution in [2.75, 3.05) is 0 Å². The van der Waals surface area contributed by atoms with Gasteiger partial charge >= 0.3 is 0 Å². The van der Waals surface area contributed by atoms with Gasteiger partial charge in [-0.2, -0.15) is 5.10 Å². The van der Waals surface area contributed by atoms with Crippen LogP contribution in [0.3, 0.4) is 0 Å². The van der Waals surface area contributed by atoms with Crippen LogP contribution < -0.4 is 10.9 Å². The SMILES string of the molecule is CCn1nc(-c2sc(C(=O)NC3CC3)nc2-c2ccccc2)ccc1=O. The molecule has 4 rings (SSSR count). The van der Waals surface area contributed by atoms with E-state index in [1.807, 2.05) is 37.3 Å². The summed E-state index contributed by atoms with van der Waals surface area (Å²) in [6.07, 6.45) is 2.05. The number of rotatable bonds is 5. The molecule has 1 fully saturated rings. The molecular weight excluding hydrogens is 348 g/mol. The molecule has 1 aliphatic rings. The fourth-order valence-electron chi connectivity index (χ4n) is 2.65. The van der Waals surface area contributed by atoms with Crippen LogP contribution in [0, 0.1) is 0 Å². The number of benzene rings is 1. The van der Waals surface area contributed by atoms with Crippen LogP contribution in [0.25, 0.3) is 21.8 Å². The molecule has 0 aliphatic heterocycles. The van der Waals surface area contributed by atoms with Gasteiger partial charge in [0.25, 0.3) is 11.5 Å². The summed E-state index contributed by atoms with van der Waals surface area (Å²) in [6, 6.07) is 13.2. The van der Waals surface area contributed by atoms with Crippen molar-refractivity contribution in [3.05, 3.63) is 57.8 Å². The molecule has 2 heterocycles. The van der Waals surface area contributed by atoms with E-state index in [0.717, 1.165) is 23.3 Å². The van der Waals surface area contributed by atoms with Crippen molar-refractivity contribution in [2.45, 2.75) is 32.4 Å². The number of aryl methyl sites for hydroxylation is 1. The highest BCUT2D eigenvalue weighted by atomic mass is 32.1. The Bertz CT molecular complexity index is 1010. The Labute approximate surface area is 154 Å². The van der Waals surface area contributed by atoms with Gasteiger partial charge in [0.15, 0.2) is 5.01 Å². The van der Waals surface area contributed by atoms with Gasteiger partial charge in [-0.25, -0.2) is 9.67 Å². The van der Waals surface area contributed by atoms with Gasteiger partial charge in [-0.3, -0.25) is 9.59 Å². The predicted molar refractivity (Wildman–Crippen MR) is 101 cm³/mol. The Hall–Kier alpha value is -2.80. The quantitative estimate of drug-likeness (QED) is 0.753. The monoisotopic (exact) mass is 366 g/mol. The first-order chi connectivity index (χ1) is 12.7. The van der Waals surface area contributed by atoms with Gasteiger partial charge in [0.1, 0.15) is 5.69 Å². The van der Waals surface area contributed by atoms with Gasteiger partial charge in [-0.15, -0.1) is 11.3 Å². The topological polar surface area (TPSA) is 76.9 Å². The summed E-state index contributed by atoms with van der Waals surface area (Å²) in [5.74, 6) is -0.148. The van der Waals surface area contributed by atoms with Crippen LogP contribution in [0.4, 0.5) is 0 Å². The van der Waals surface area contributed by atoms with E-state index in [-0.39, 0.29) is 17.5 Å². The van der Waals surface area contributed by atoms with Crippen molar-refractivity contribution in [3.63, 3.8) is 0 Å². The molecule has 0 bridgehead atoms. The van der Waals surface area contributed by atoms with Gasteiger partial charge in [0.2, 0.25) is 0 Å². The van der Waals surface area contributed by atoms with Crippen LogP contribution in [0.2, 0.25) is 0 Å². The maximum Gasteiger partial charge on any atom is 0.280 e. The zero-order chi connectivity index (χ0) is 18.1. The minimum absolute atomic E-state index is 0.145. The van der Waals surface area contributed by atoms with Crippen LogP contribution in [0.15, 0.2) is 47.3 Å². The predicted octanol–water partition coefficient (Wildman–Crippen LogP) is 2.95.